The molecule has 4 nitrogen and oxygen atoms in total. The first-order valence-electron chi connectivity index (χ1n) is 7.59. The van der Waals surface area contributed by atoms with E-state index in [1.54, 1.807) is 0 Å². The van der Waals surface area contributed by atoms with Crippen LogP contribution in [0.3, 0.4) is 0 Å². The van der Waals surface area contributed by atoms with Gasteiger partial charge in [0.25, 0.3) is 0 Å². The molecule has 4 aliphatic rings. The van der Waals surface area contributed by atoms with E-state index in [9.17, 15) is 0 Å². The Morgan fingerprint density at radius 2 is 1.06 bits per heavy atom. The third kappa shape index (κ3) is 1.73. The van der Waals surface area contributed by atoms with Crippen molar-refractivity contribution in [2.45, 2.75) is 37.0 Å². The van der Waals surface area contributed by atoms with Crippen LogP contribution >= 0.6 is 0 Å². The Labute approximate surface area is 110 Å². The molecule has 18 heavy (non-hydrogen) atoms. The minimum Gasteiger partial charge on any atom is -0.303 e. The lowest BCUT2D eigenvalue weighted by atomic mass is 9.98. The van der Waals surface area contributed by atoms with Crippen LogP contribution in [0.1, 0.15) is 12.8 Å². The molecule has 2 bridgehead atoms. The summed E-state index contributed by atoms with van der Waals surface area (Å²) in [6, 6.07) is 3.45. The van der Waals surface area contributed by atoms with E-state index in [-0.39, 0.29) is 0 Å². The molecule has 0 saturated carbocycles. The van der Waals surface area contributed by atoms with Gasteiger partial charge in [-0.2, -0.15) is 0 Å². The topological polar surface area (TPSA) is 13.0 Å². The predicted octanol–water partition coefficient (Wildman–Crippen LogP) is -0.237. The summed E-state index contributed by atoms with van der Waals surface area (Å²) >= 11 is 0. The standard InChI is InChI=1S/C14H26N4/c1-15-5-13(6-15)18-9-14(10-18)17-7-11-3-4-12(8-17)16(11)2/h11-14H,3-10H2,1-2H3. The smallest absolute Gasteiger partial charge is 0.0352 e. The van der Waals surface area contributed by atoms with Gasteiger partial charge in [-0.1, -0.05) is 0 Å². The van der Waals surface area contributed by atoms with Crippen LogP contribution in [0, 0.1) is 0 Å². The maximum atomic E-state index is 2.79. The quantitative estimate of drug-likeness (QED) is 0.671. The molecule has 0 aromatic heterocycles. The molecule has 4 aliphatic heterocycles. The van der Waals surface area contributed by atoms with Crippen molar-refractivity contribution in [3.05, 3.63) is 0 Å². The Bertz CT molecular complexity index is 308. The third-order valence-corrected chi connectivity index (χ3v) is 5.84. The second kappa shape index (κ2) is 4.17. The monoisotopic (exact) mass is 250 g/mol. The Hall–Kier alpha value is -0.160. The number of rotatable bonds is 2. The molecule has 4 saturated heterocycles. The highest BCUT2D eigenvalue weighted by atomic mass is 15.4. The summed E-state index contributed by atoms with van der Waals surface area (Å²) in [4.78, 5) is 10.5. The average molecular weight is 250 g/mol. The Balaban J connectivity index is 1.29. The first-order chi connectivity index (χ1) is 8.70. The van der Waals surface area contributed by atoms with Gasteiger partial charge in [-0.05, 0) is 26.9 Å². The van der Waals surface area contributed by atoms with Crippen LogP contribution in [-0.2, 0) is 0 Å². The van der Waals surface area contributed by atoms with Crippen LogP contribution in [0.15, 0.2) is 0 Å². The summed E-state index contributed by atoms with van der Waals surface area (Å²) in [5, 5.41) is 0. The van der Waals surface area contributed by atoms with Crippen LogP contribution in [0.2, 0.25) is 0 Å². The molecule has 2 unspecified atom stereocenters. The normalized spacial score (nSPS) is 41.0. The molecule has 4 heterocycles. The molecule has 0 aliphatic carbocycles. The summed E-state index contributed by atoms with van der Waals surface area (Å²) in [6.07, 6.45) is 2.86. The van der Waals surface area contributed by atoms with E-state index in [2.05, 4.69) is 33.7 Å². The molecular weight excluding hydrogens is 224 g/mol. The minimum absolute atomic E-state index is 0.854. The van der Waals surface area contributed by atoms with E-state index in [4.69, 9.17) is 0 Å². The second-order valence-electron chi connectivity index (χ2n) is 6.99. The molecule has 102 valence electrons. The van der Waals surface area contributed by atoms with E-state index in [0.717, 1.165) is 24.2 Å². The largest absolute Gasteiger partial charge is 0.303 e. The number of fused-ring (bicyclic) bond motifs is 2. The molecule has 4 rings (SSSR count). The predicted molar refractivity (Wildman–Crippen MR) is 72.8 cm³/mol. The van der Waals surface area contributed by atoms with Crippen molar-refractivity contribution in [3.8, 4) is 0 Å². The maximum absolute atomic E-state index is 2.79. The molecule has 4 fully saturated rings. The van der Waals surface area contributed by atoms with Gasteiger partial charge in [0.2, 0.25) is 0 Å². The van der Waals surface area contributed by atoms with Crippen molar-refractivity contribution in [2.75, 3.05) is 53.4 Å². The van der Waals surface area contributed by atoms with Gasteiger partial charge in [-0.3, -0.25) is 14.7 Å². The van der Waals surface area contributed by atoms with Gasteiger partial charge in [0.1, 0.15) is 0 Å². The number of hydrogen-bond acceptors (Lipinski definition) is 4. The lowest BCUT2D eigenvalue weighted by Gasteiger charge is -2.55. The van der Waals surface area contributed by atoms with E-state index in [1.807, 2.05) is 0 Å². The molecular formula is C14H26N4. The van der Waals surface area contributed by atoms with Crippen LogP contribution in [0.25, 0.3) is 0 Å². The van der Waals surface area contributed by atoms with E-state index >= 15 is 0 Å². The van der Waals surface area contributed by atoms with E-state index in [0.29, 0.717) is 0 Å². The number of likely N-dealkylation sites (tertiary alicyclic amines) is 3. The summed E-state index contributed by atoms with van der Waals surface area (Å²) in [7, 11) is 4.56. The summed E-state index contributed by atoms with van der Waals surface area (Å²) < 4.78 is 0. The van der Waals surface area contributed by atoms with Gasteiger partial charge in [0.05, 0.1) is 0 Å². The highest BCUT2D eigenvalue weighted by molar-refractivity contribution is 5.02. The first kappa shape index (κ1) is 11.6. The number of nitrogens with zero attached hydrogens (tertiary/aromatic N) is 4. The van der Waals surface area contributed by atoms with E-state index < -0.39 is 0 Å². The van der Waals surface area contributed by atoms with Crippen LogP contribution in [0.5, 0.6) is 0 Å². The van der Waals surface area contributed by atoms with Crippen LogP contribution < -0.4 is 0 Å². The fraction of sp³-hybridized carbons (Fsp3) is 1.00. The first-order valence-corrected chi connectivity index (χ1v) is 7.59. The second-order valence-corrected chi connectivity index (χ2v) is 6.99. The van der Waals surface area contributed by atoms with Gasteiger partial charge >= 0.3 is 0 Å². The molecule has 0 spiro atoms. The maximum Gasteiger partial charge on any atom is 0.0352 e. The third-order valence-electron chi connectivity index (χ3n) is 5.84. The van der Waals surface area contributed by atoms with Crippen molar-refractivity contribution >= 4 is 0 Å². The fourth-order valence-electron chi connectivity index (χ4n) is 4.36. The van der Waals surface area contributed by atoms with Crippen molar-refractivity contribution in [3.63, 3.8) is 0 Å². The Kier molecular flexibility index (Phi) is 2.70. The summed E-state index contributed by atoms with van der Waals surface area (Å²) in [5.41, 5.74) is 0. The van der Waals surface area contributed by atoms with Gasteiger partial charge < -0.3 is 4.90 Å². The molecule has 0 N–H and O–H groups in total. The van der Waals surface area contributed by atoms with Crippen molar-refractivity contribution in [2.24, 2.45) is 0 Å². The number of piperazine rings is 1. The molecule has 0 aromatic carbocycles. The van der Waals surface area contributed by atoms with Crippen LogP contribution in [0.4, 0.5) is 0 Å². The van der Waals surface area contributed by atoms with Gasteiger partial charge in [-0.15, -0.1) is 0 Å². The van der Waals surface area contributed by atoms with Crippen LogP contribution in [-0.4, -0.2) is 97.1 Å². The molecule has 0 amide bonds. The van der Waals surface area contributed by atoms with Crippen molar-refractivity contribution in [1.82, 2.24) is 19.6 Å². The highest BCUT2D eigenvalue weighted by Gasteiger charge is 2.44. The fourth-order valence-corrected chi connectivity index (χ4v) is 4.36. The zero-order valence-electron chi connectivity index (χ0n) is 11.8. The highest BCUT2D eigenvalue weighted by Crippen LogP contribution is 2.32. The van der Waals surface area contributed by atoms with Gasteiger partial charge in [0, 0.05) is 63.4 Å². The lowest BCUT2D eigenvalue weighted by molar-refractivity contribution is -0.0620. The van der Waals surface area contributed by atoms with Crippen molar-refractivity contribution in [1.29, 1.82) is 0 Å². The number of likely N-dealkylation sites (N-methyl/N-ethyl adjacent to an activating group) is 2. The molecule has 2 atom stereocenters. The van der Waals surface area contributed by atoms with E-state index in [1.165, 1.54) is 52.1 Å². The lowest BCUT2D eigenvalue weighted by Crippen LogP contribution is -2.71. The van der Waals surface area contributed by atoms with Gasteiger partial charge in [-0.25, -0.2) is 0 Å². The molecule has 0 aromatic rings. The zero-order valence-corrected chi connectivity index (χ0v) is 11.8. The summed E-state index contributed by atoms with van der Waals surface area (Å²) in [5.74, 6) is 0. The Morgan fingerprint density at radius 1 is 0.611 bits per heavy atom. The zero-order chi connectivity index (χ0) is 12.3. The average Bonchev–Trinajstić information content (AvgIpc) is 2.49. The Morgan fingerprint density at radius 3 is 1.56 bits per heavy atom. The van der Waals surface area contributed by atoms with Gasteiger partial charge in [0.15, 0.2) is 0 Å². The van der Waals surface area contributed by atoms with Crippen molar-refractivity contribution < 1.29 is 0 Å². The summed E-state index contributed by atoms with van der Waals surface area (Å²) in [6.45, 7) is 7.91. The number of hydrogen-bond donors (Lipinski definition) is 0. The SMILES string of the molecule is CN1CC(N2CC(N3CC4CCC(C3)N4C)C2)C1. The molecule has 0 radical (unpaired) electrons. The molecule has 4 heteroatoms. The minimum atomic E-state index is 0.854.